The first-order valence-corrected chi connectivity index (χ1v) is 6.08. The minimum atomic E-state index is 0.687. The zero-order valence-electron chi connectivity index (χ0n) is 10.5. The van der Waals surface area contributed by atoms with Gasteiger partial charge in [-0.2, -0.15) is 0 Å². The van der Waals surface area contributed by atoms with Gasteiger partial charge in [0.05, 0.1) is 13.2 Å². The van der Waals surface area contributed by atoms with Crippen molar-refractivity contribution in [3.8, 4) is 11.5 Å². The topological polar surface area (TPSA) is 18.5 Å². The number of ether oxygens (including phenoxy) is 2. The molecule has 2 heteroatoms. The van der Waals surface area contributed by atoms with E-state index in [-0.39, 0.29) is 0 Å². The fraction of sp³-hybridized carbons (Fsp3) is 0.571. The second-order valence-electron chi connectivity index (χ2n) is 4.35. The first-order chi connectivity index (χ1) is 7.72. The summed E-state index contributed by atoms with van der Waals surface area (Å²) in [6.45, 7) is 8.06. The van der Waals surface area contributed by atoms with Crippen molar-refractivity contribution in [1.29, 1.82) is 0 Å². The van der Waals surface area contributed by atoms with Gasteiger partial charge in [0.2, 0.25) is 0 Å². The van der Waals surface area contributed by atoms with E-state index < -0.39 is 0 Å². The summed E-state index contributed by atoms with van der Waals surface area (Å²) >= 11 is 0. The molecule has 0 fully saturated rings. The molecule has 0 radical (unpaired) electrons. The Hall–Kier alpha value is -1.18. The molecule has 0 atom stereocenters. The summed E-state index contributed by atoms with van der Waals surface area (Å²) in [5.41, 5.74) is 0. The van der Waals surface area contributed by atoms with Crippen LogP contribution < -0.4 is 9.47 Å². The predicted molar refractivity (Wildman–Crippen MR) is 67.2 cm³/mol. The van der Waals surface area contributed by atoms with Crippen molar-refractivity contribution in [2.45, 2.75) is 33.6 Å². The molecular formula is C14H22O2. The van der Waals surface area contributed by atoms with Crippen LogP contribution in [0.15, 0.2) is 24.3 Å². The van der Waals surface area contributed by atoms with Gasteiger partial charge in [-0.3, -0.25) is 0 Å². The molecule has 0 amide bonds. The van der Waals surface area contributed by atoms with Gasteiger partial charge >= 0.3 is 0 Å². The van der Waals surface area contributed by atoms with Gasteiger partial charge in [0.15, 0.2) is 0 Å². The van der Waals surface area contributed by atoms with Crippen LogP contribution in [0.4, 0.5) is 0 Å². The molecule has 2 nitrogen and oxygen atoms in total. The molecule has 1 aromatic rings. The van der Waals surface area contributed by atoms with Crippen molar-refractivity contribution >= 4 is 0 Å². The van der Waals surface area contributed by atoms with Gasteiger partial charge in [-0.25, -0.2) is 0 Å². The summed E-state index contributed by atoms with van der Waals surface area (Å²) in [7, 11) is 0. The Balaban J connectivity index is 2.33. The Morgan fingerprint density at radius 1 is 0.938 bits per heavy atom. The van der Waals surface area contributed by atoms with Crippen molar-refractivity contribution in [2.75, 3.05) is 13.2 Å². The van der Waals surface area contributed by atoms with Crippen LogP contribution in [0.25, 0.3) is 0 Å². The van der Waals surface area contributed by atoms with Gasteiger partial charge in [0, 0.05) is 0 Å². The Morgan fingerprint density at radius 2 is 1.44 bits per heavy atom. The minimum absolute atomic E-state index is 0.687. The molecule has 0 N–H and O–H groups in total. The standard InChI is InChI=1S/C14H22O2/c1-4-10-15-13-5-7-14(8-6-13)16-11-9-12(2)3/h5-8,12H,4,9-11H2,1-3H3. The summed E-state index contributed by atoms with van der Waals surface area (Å²) in [6, 6.07) is 7.84. The molecule has 0 heterocycles. The van der Waals surface area contributed by atoms with E-state index in [4.69, 9.17) is 9.47 Å². The molecule has 16 heavy (non-hydrogen) atoms. The normalized spacial score (nSPS) is 10.5. The van der Waals surface area contributed by atoms with E-state index >= 15 is 0 Å². The lowest BCUT2D eigenvalue weighted by Gasteiger charge is -2.09. The first kappa shape index (κ1) is 12.9. The summed E-state index contributed by atoms with van der Waals surface area (Å²) < 4.78 is 11.1. The average Bonchev–Trinajstić information content (AvgIpc) is 2.27. The molecule has 1 rings (SSSR count). The molecule has 0 aliphatic rings. The van der Waals surface area contributed by atoms with Gasteiger partial charge < -0.3 is 9.47 Å². The maximum absolute atomic E-state index is 5.62. The smallest absolute Gasteiger partial charge is 0.119 e. The fourth-order valence-corrected chi connectivity index (χ4v) is 1.26. The van der Waals surface area contributed by atoms with Crippen LogP contribution in [-0.2, 0) is 0 Å². The summed E-state index contributed by atoms with van der Waals surface area (Å²) in [4.78, 5) is 0. The number of hydrogen-bond acceptors (Lipinski definition) is 2. The first-order valence-electron chi connectivity index (χ1n) is 6.08. The second kappa shape index (κ2) is 7.15. The van der Waals surface area contributed by atoms with Crippen molar-refractivity contribution in [3.05, 3.63) is 24.3 Å². The third kappa shape index (κ3) is 5.06. The lowest BCUT2D eigenvalue weighted by atomic mass is 10.1. The largest absolute Gasteiger partial charge is 0.494 e. The van der Waals surface area contributed by atoms with E-state index in [9.17, 15) is 0 Å². The van der Waals surface area contributed by atoms with Crippen LogP contribution in [0.5, 0.6) is 11.5 Å². The Bertz CT molecular complexity index is 277. The number of rotatable bonds is 7. The van der Waals surface area contributed by atoms with Crippen molar-refractivity contribution < 1.29 is 9.47 Å². The van der Waals surface area contributed by atoms with E-state index in [1.165, 1.54) is 0 Å². The molecule has 0 saturated heterocycles. The third-order valence-electron chi connectivity index (χ3n) is 2.26. The zero-order valence-corrected chi connectivity index (χ0v) is 10.5. The Morgan fingerprint density at radius 3 is 1.88 bits per heavy atom. The predicted octanol–water partition coefficient (Wildman–Crippen LogP) is 3.90. The van der Waals surface area contributed by atoms with E-state index in [1.54, 1.807) is 0 Å². The summed E-state index contributed by atoms with van der Waals surface area (Å²) in [5, 5.41) is 0. The molecular weight excluding hydrogens is 200 g/mol. The summed E-state index contributed by atoms with van der Waals surface area (Å²) in [6.07, 6.45) is 2.13. The van der Waals surface area contributed by atoms with Crippen LogP contribution in [0.1, 0.15) is 33.6 Å². The molecule has 0 bridgehead atoms. The van der Waals surface area contributed by atoms with Crippen molar-refractivity contribution in [3.63, 3.8) is 0 Å². The molecule has 0 unspecified atom stereocenters. The van der Waals surface area contributed by atoms with E-state index in [0.717, 1.165) is 37.6 Å². The second-order valence-corrected chi connectivity index (χ2v) is 4.35. The van der Waals surface area contributed by atoms with E-state index in [0.29, 0.717) is 5.92 Å². The van der Waals surface area contributed by atoms with Crippen LogP contribution in [-0.4, -0.2) is 13.2 Å². The van der Waals surface area contributed by atoms with Crippen molar-refractivity contribution in [1.82, 2.24) is 0 Å². The maximum atomic E-state index is 5.62. The highest BCUT2D eigenvalue weighted by Gasteiger charge is 1.97. The molecule has 1 aromatic carbocycles. The Kier molecular flexibility index (Phi) is 5.76. The van der Waals surface area contributed by atoms with E-state index in [2.05, 4.69) is 20.8 Å². The lowest BCUT2D eigenvalue weighted by Crippen LogP contribution is -2.01. The van der Waals surface area contributed by atoms with Gasteiger partial charge in [0.1, 0.15) is 11.5 Å². The average molecular weight is 222 g/mol. The van der Waals surface area contributed by atoms with Gasteiger partial charge in [-0.15, -0.1) is 0 Å². The SMILES string of the molecule is CCCOc1ccc(OCCC(C)C)cc1. The highest BCUT2D eigenvalue weighted by molar-refractivity contribution is 5.31. The van der Waals surface area contributed by atoms with E-state index in [1.807, 2.05) is 24.3 Å². The molecule has 0 aliphatic carbocycles. The Labute approximate surface area is 98.6 Å². The monoisotopic (exact) mass is 222 g/mol. The van der Waals surface area contributed by atoms with Crippen LogP contribution in [0.2, 0.25) is 0 Å². The number of benzene rings is 1. The van der Waals surface area contributed by atoms with Gasteiger partial charge in [-0.05, 0) is 43.0 Å². The minimum Gasteiger partial charge on any atom is -0.494 e. The fourth-order valence-electron chi connectivity index (χ4n) is 1.26. The zero-order chi connectivity index (χ0) is 11.8. The summed E-state index contributed by atoms with van der Waals surface area (Å²) in [5.74, 6) is 2.52. The maximum Gasteiger partial charge on any atom is 0.119 e. The number of hydrogen-bond donors (Lipinski definition) is 0. The van der Waals surface area contributed by atoms with Crippen molar-refractivity contribution in [2.24, 2.45) is 5.92 Å². The van der Waals surface area contributed by atoms with Crippen LogP contribution in [0, 0.1) is 5.92 Å². The highest BCUT2D eigenvalue weighted by Crippen LogP contribution is 2.18. The quantitative estimate of drug-likeness (QED) is 0.696. The van der Waals surface area contributed by atoms with Crippen LogP contribution in [0.3, 0.4) is 0 Å². The molecule has 0 aliphatic heterocycles. The van der Waals surface area contributed by atoms with Crippen LogP contribution >= 0.6 is 0 Å². The van der Waals surface area contributed by atoms with Gasteiger partial charge in [0.25, 0.3) is 0 Å². The molecule has 90 valence electrons. The molecule has 0 aromatic heterocycles. The molecule has 0 saturated carbocycles. The molecule has 0 spiro atoms. The lowest BCUT2D eigenvalue weighted by molar-refractivity contribution is 0.287. The van der Waals surface area contributed by atoms with Gasteiger partial charge in [-0.1, -0.05) is 20.8 Å². The third-order valence-corrected chi connectivity index (χ3v) is 2.26. The highest BCUT2D eigenvalue weighted by atomic mass is 16.5.